The number of hydrogen-bond donors (Lipinski definition) is 0. The molecule has 0 aromatic heterocycles. The molecule has 1 unspecified atom stereocenters. The largest absolute Gasteiger partial charge is 0.492 e. The number of amides is 1. The summed E-state index contributed by atoms with van der Waals surface area (Å²) >= 11 is 0. The maximum Gasteiger partial charge on any atom is 0.415 e. The van der Waals surface area contributed by atoms with Gasteiger partial charge < -0.3 is 23.7 Å². The van der Waals surface area contributed by atoms with Crippen LogP contribution in [0.3, 0.4) is 0 Å². The molecule has 7 nitrogen and oxygen atoms in total. The Bertz CT molecular complexity index is 829. The van der Waals surface area contributed by atoms with Crippen LogP contribution in [0.2, 0.25) is 0 Å². The molecule has 1 aromatic rings. The van der Waals surface area contributed by atoms with E-state index in [1.165, 1.54) is 32.4 Å². The molecule has 0 aliphatic carbocycles. The highest BCUT2D eigenvalue weighted by molar-refractivity contribution is 5.86. The number of carbonyl (C=O) groups is 2. The highest BCUT2D eigenvalue weighted by atomic mass is 16.6. The van der Waals surface area contributed by atoms with Crippen molar-refractivity contribution in [1.82, 2.24) is 4.90 Å². The van der Waals surface area contributed by atoms with Crippen LogP contribution in [0.5, 0.6) is 17.2 Å². The molecule has 27 heavy (non-hydrogen) atoms. The second kappa shape index (κ2) is 7.62. The topological polar surface area (TPSA) is 74.3 Å². The van der Waals surface area contributed by atoms with Gasteiger partial charge in [-0.1, -0.05) is 5.92 Å². The zero-order valence-corrected chi connectivity index (χ0v) is 16.3. The van der Waals surface area contributed by atoms with Crippen LogP contribution >= 0.6 is 0 Å². The molecule has 144 valence electrons. The lowest BCUT2D eigenvalue weighted by Crippen LogP contribution is -2.38. The summed E-state index contributed by atoms with van der Waals surface area (Å²) in [5.41, 5.74) is 0.540. The number of methoxy groups -OCH3 is 3. The normalized spacial score (nSPS) is 15.4. The van der Waals surface area contributed by atoms with Gasteiger partial charge in [-0.3, -0.25) is 4.90 Å². The molecule has 0 radical (unpaired) electrons. The van der Waals surface area contributed by atoms with Crippen LogP contribution in [0.4, 0.5) is 4.79 Å². The van der Waals surface area contributed by atoms with Crippen molar-refractivity contribution in [2.24, 2.45) is 0 Å². The first kappa shape index (κ1) is 20.2. The summed E-state index contributed by atoms with van der Waals surface area (Å²) in [6.45, 7) is 5.23. The quantitative estimate of drug-likeness (QED) is 0.596. The molecule has 0 saturated carbocycles. The van der Waals surface area contributed by atoms with Crippen molar-refractivity contribution < 1.29 is 28.5 Å². The lowest BCUT2D eigenvalue weighted by Gasteiger charge is -2.33. The van der Waals surface area contributed by atoms with Crippen LogP contribution < -0.4 is 14.2 Å². The van der Waals surface area contributed by atoms with E-state index in [-0.39, 0.29) is 5.75 Å². The SMILES string of the molecule is C#Cc1c(OC)c(OC)c(OC)c2c1C(C=O)N(C(=O)OC(C)(C)C)C=C2. The third kappa shape index (κ3) is 3.56. The predicted molar refractivity (Wildman–Crippen MR) is 99.9 cm³/mol. The summed E-state index contributed by atoms with van der Waals surface area (Å²) in [5, 5.41) is 0. The molecule has 1 amide bonds. The molecule has 1 aliphatic heterocycles. The number of aldehydes is 1. The van der Waals surface area contributed by atoms with Crippen molar-refractivity contribution in [3.8, 4) is 29.6 Å². The number of carbonyl (C=O) groups excluding carboxylic acids is 2. The molecular formula is C20H23NO6. The number of fused-ring (bicyclic) bond motifs is 1. The molecule has 7 heteroatoms. The van der Waals surface area contributed by atoms with Gasteiger partial charge in [0, 0.05) is 17.3 Å². The van der Waals surface area contributed by atoms with Crippen LogP contribution in [0.25, 0.3) is 6.08 Å². The number of rotatable bonds is 4. The maximum absolute atomic E-state index is 12.6. The van der Waals surface area contributed by atoms with Gasteiger partial charge in [0.1, 0.15) is 17.9 Å². The number of ether oxygens (including phenoxy) is 4. The Morgan fingerprint density at radius 2 is 1.74 bits per heavy atom. The Hall–Kier alpha value is -3.14. The van der Waals surface area contributed by atoms with E-state index in [1.807, 2.05) is 0 Å². The van der Waals surface area contributed by atoms with Gasteiger partial charge >= 0.3 is 6.09 Å². The van der Waals surface area contributed by atoms with Gasteiger partial charge in [0.05, 0.1) is 26.9 Å². The van der Waals surface area contributed by atoms with Crippen LogP contribution in [-0.2, 0) is 9.53 Å². The van der Waals surface area contributed by atoms with Gasteiger partial charge in [-0.15, -0.1) is 6.42 Å². The van der Waals surface area contributed by atoms with Gasteiger partial charge in [0.15, 0.2) is 11.5 Å². The van der Waals surface area contributed by atoms with Gasteiger partial charge in [-0.05, 0) is 26.8 Å². The van der Waals surface area contributed by atoms with Crippen LogP contribution in [-0.4, -0.2) is 44.2 Å². The second-order valence-electron chi connectivity index (χ2n) is 6.73. The maximum atomic E-state index is 12.6. The molecule has 1 aliphatic rings. The highest BCUT2D eigenvalue weighted by Gasteiger charge is 2.37. The second-order valence-corrected chi connectivity index (χ2v) is 6.73. The van der Waals surface area contributed by atoms with Gasteiger partial charge in [0.25, 0.3) is 0 Å². The number of terminal acetylenes is 1. The Morgan fingerprint density at radius 1 is 1.15 bits per heavy atom. The summed E-state index contributed by atoms with van der Waals surface area (Å²) in [6.07, 6.45) is 8.75. The van der Waals surface area contributed by atoms with Crippen LogP contribution in [0, 0.1) is 12.3 Å². The fraction of sp³-hybridized carbons (Fsp3) is 0.400. The molecule has 1 atom stereocenters. The summed E-state index contributed by atoms with van der Waals surface area (Å²) in [6, 6.07) is -1.00. The van der Waals surface area contributed by atoms with E-state index in [4.69, 9.17) is 25.4 Å². The summed E-state index contributed by atoms with van der Waals surface area (Å²) < 4.78 is 21.7. The third-order valence-corrected chi connectivity index (χ3v) is 3.93. The van der Waals surface area contributed by atoms with Crippen LogP contribution in [0.15, 0.2) is 6.20 Å². The first-order valence-corrected chi connectivity index (χ1v) is 8.21. The van der Waals surface area contributed by atoms with Crippen molar-refractivity contribution in [3.63, 3.8) is 0 Å². The first-order chi connectivity index (χ1) is 12.7. The van der Waals surface area contributed by atoms with E-state index >= 15 is 0 Å². The third-order valence-electron chi connectivity index (χ3n) is 3.93. The molecule has 0 fully saturated rings. The van der Waals surface area contributed by atoms with E-state index in [0.717, 1.165) is 0 Å². The summed E-state index contributed by atoms with van der Waals surface area (Å²) in [4.78, 5) is 25.7. The van der Waals surface area contributed by atoms with Crippen molar-refractivity contribution in [2.75, 3.05) is 21.3 Å². The summed E-state index contributed by atoms with van der Waals surface area (Å²) in [5.74, 6) is 3.46. The Labute approximate surface area is 158 Å². The number of hydrogen-bond acceptors (Lipinski definition) is 6. The minimum absolute atomic E-state index is 0.252. The minimum atomic E-state index is -1.00. The van der Waals surface area contributed by atoms with Crippen molar-refractivity contribution >= 4 is 18.5 Å². The summed E-state index contributed by atoms with van der Waals surface area (Å²) in [7, 11) is 4.37. The number of benzene rings is 1. The lowest BCUT2D eigenvalue weighted by atomic mass is 9.90. The number of nitrogens with zero attached hydrogens (tertiary/aromatic N) is 1. The van der Waals surface area contributed by atoms with Crippen molar-refractivity contribution in [2.45, 2.75) is 32.4 Å². The van der Waals surface area contributed by atoms with E-state index in [9.17, 15) is 9.59 Å². The standard InChI is InChI=1S/C20H23NO6/c1-8-12-15-13(17(25-6)18(26-7)16(12)24-5)9-10-21(14(15)11-22)19(23)27-20(2,3)4/h1,9-11,14H,2-7H3. The Kier molecular flexibility index (Phi) is 5.69. The lowest BCUT2D eigenvalue weighted by molar-refractivity contribution is -0.112. The van der Waals surface area contributed by atoms with E-state index < -0.39 is 17.7 Å². The monoisotopic (exact) mass is 373 g/mol. The van der Waals surface area contributed by atoms with Gasteiger partial charge in [-0.2, -0.15) is 0 Å². The fourth-order valence-corrected chi connectivity index (χ4v) is 2.93. The molecule has 0 spiro atoms. The molecule has 0 saturated heterocycles. The molecule has 0 N–H and O–H groups in total. The Morgan fingerprint density at radius 3 is 2.19 bits per heavy atom. The zero-order valence-electron chi connectivity index (χ0n) is 16.3. The van der Waals surface area contributed by atoms with Crippen molar-refractivity contribution in [1.29, 1.82) is 0 Å². The molecule has 1 aromatic carbocycles. The predicted octanol–water partition coefficient (Wildman–Crippen LogP) is 3.16. The molecule has 1 heterocycles. The van der Waals surface area contributed by atoms with E-state index in [2.05, 4.69) is 5.92 Å². The fourth-order valence-electron chi connectivity index (χ4n) is 2.93. The molecule has 2 rings (SSSR count). The van der Waals surface area contributed by atoms with Gasteiger partial charge in [0.2, 0.25) is 5.75 Å². The van der Waals surface area contributed by atoms with Gasteiger partial charge in [-0.25, -0.2) is 4.79 Å². The first-order valence-electron chi connectivity index (χ1n) is 8.21. The minimum Gasteiger partial charge on any atom is -0.492 e. The van der Waals surface area contributed by atoms with E-state index in [0.29, 0.717) is 34.5 Å². The van der Waals surface area contributed by atoms with Crippen molar-refractivity contribution in [3.05, 3.63) is 22.9 Å². The average molecular weight is 373 g/mol. The average Bonchev–Trinajstić information content (AvgIpc) is 2.63. The van der Waals surface area contributed by atoms with E-state index in [1.54, 1.807) is 26.8 Å². The smallest absolute Gasteiger partial charge is 0.415 e. The molecular weight excluding hydrogens is 350 g/mol. The molecule has 0 bridgehead atoms. The van der Waals surface area contributed by atoms with Crippen LogP contribution in [0.1, 0.15) is 43.5 Å². The highest BCUT2D eigenvalue weighted by Crippen LogP contribution is 2.49. The Balaban J connectivity index is 2.74. The zero-order chi connectivity index (χ0) is 20.4.